The molecular formula is C10H21N. The van der Waals surface area contributed by atoms with E-state index in [1.54, 1.807) is 0 Å². The Labute approximate surface area is 70.6 Å². The highest BCUT2D eigenvalue weighted by molar-refractivity contribution is 4.71. The summed E-state index contributed by atoms with van der Waals surface area (Å²) < 4.78 is 0. The predicted octanol–water partition coefficient (Wildman–Crippen LogP) is 2.56. The molecule has 66 valence electrons. The Hall–Kier alpha value is -0.0400. The molecule has 0 aliphatic heterocycles. The molecule has 0 radical (unpaired) electrons. The molecule has 1 heteroatoms. The van der Waals surface area contributed by atoms with Crippen LogP contribution in [0, 0.1) is 5.92 Å². The van der Waals surface area contributed by atoms with E-state index >= 15 is 0 Å². The quantitative estimate of drug-likeness (QED) is 0.643. The highest BCUT2D eigenvalue weighted by atomic mass is 14.9. The lowest BCUT2D eigenvalue weighted by Crippen LogP contribution is -2.28. The maximum absolute atomic E-state index is 3.53. The first-order chi connectivity index (χ1) is 5.33. The first-order valence-electron chi connectivity index (χ1n) is 5.06. The summed E-state index contributed by atoms with van der Waals surface area (Å²) in [6, 6.07) is 0.718. The Bertz CT molecular complexity index is 92.3. The third-order valence-electron chi connectivity index (χ3n) is 2.88. The molecule has 0 aromatic rings. The van der Waals surface area contributed by atoms with E-state index in [1.807, 2.05) is 0 Å². The standard InChI is InChI=1S/C10H21N/c1-3-9(2)11-8-7-10-5-4-6-10/h9-11H,3-8H2,1-2H3. The van der Waals surface area contributed by atoms with Crippen molar-refractivity contribution in [3.05, 3.63) is 0 Å². The molecule has 0 aromatic heterocycles. The summed E-state index contributed by atoms with van der Waals surface area (Å²) in [5.41, 5.74) is 0. The van der Waals surface area contributed by atoms with E-state index in [1.165, 1.54) is 38.6 Å². The van der Waals surface area contributed by atoms with Gasteiger partial charge in [-0.3, -0.25) is 0 Å². The van der Waals surface area contributed by atoms with Gasteiger partial charge in [-0.2, -0.15) is 0 Å². The van der Waals surface area contributed by atoms with Crippen molar-refractivity contribution in [1.82, 2.24) is 5.32 Å². The van der Waals surface area contributed by atoms with Crippen LogP contribution in [0.3, 0.4) is 0 Å². The van der Waals surface area contributed by atoms with Crippen LogP contribution in [0.2, 0.25) is 0 Å². The van der Waals surface area contributed by atoms with Crippen LogP contribution in [0.25, 0.3) is 0 Å². The zero-order chi connectivity index (χ0) is 8.10. The van der Waals surface area contributed by atoms with Gasteiger partial charge in [0, 0.05) is 6.04 Å². The minimum atomic E-state index is 0.718. The van der Waals surface area contributed by atoms with Gasteiger partial charge in [-0.15, -0.1) is 0 Å². The zero-order valence-electron chi connectivity index (χ0n) is 7.90. The van der Waals surface area contributed by atoms with E-state index in [0.717, 1.165) is 12.0 Å². The predicted molar refractivity (Wildman–Crippen MR) is 49.7 cm³/mol. The van der Waals surface area contributed by atoms with Gasteiger partial charge in [0.1, 0.15) is 0 Å². The van der Waals surface area contributed by atoms with E-state index < -0.39 is 0 Å². The molecular weight excluding hydrogens is 134 g/mol. The maximum atomic E-state index is 3.53. The Morgan fingerprint density at radius 2 is 2.18 bits per heavy atom. The molecule has 0 spiro atoms. The maximum Gasteiger partial charge on any atom is 0.00361 e. The average molecular weight is 155 g/mol. The molecule has 0 saturated heterocycles. The van der Waals surface area contributed by atoms with Crippen molar-refractivity contribution in [1.29, 1.82) is 0 Å². The smallest absolute Gasteiger partial charge is 0.00361 e. The molecule has 1 unspecified atom stereocenters. The molecule has 1 N–H and O–H groups in total. The Morgan fingerprint density at radius 3 is 2.64 bits per heavy atom. The summed E-state index contributed by atoms with van der Waals surface area (Å²) in [4.78, 5) is 0. The molecule has 1 nitrogen and oxygen atoms in total. The van der Waals surface area contributed by atoms with Crippen LogP contribution in [0.1, 0.15) is 46.0 Å². The Morgan fingerprint density at radius 1 is 1.45 bits per heavy atom. The fourth-order valence-corrected chi connectivity index (χ4v) is 1.46. The van der Waals surface area contributed by atoms with Crippen LogP contribution < -0.4 is 5.32 Å². The molecule has 0 amide bonds. The fraction of sp³-hybridized carbons (Fsp3) is 1.00. The van der Waals surface area contributed by atoms with Crippen LogP contribution in [-0.4, -0.2) is 12.6 Å². The molecule has 1 aliphatic rings. The van der Waals surface area contributed by atoms with E-state index in [-0.39, 0.29) is 0 Å². The normalized spacial score (nSPS) is 21.3. The average Bonchev–Trinajstić information content (AvgIpc) is 1.94. The minimum Gasteiger partial charge on any atom is -0.314 e. The van der Waals surface area contributed by atoms with Crippen LogP contribution >= 0.6 is 0 Å². The van der Waals surface area contributed by atoms with Gasteiger partial charge in [0.15, 0.2) is 0 Å². The molecule has 1 fully saturated rings. The van der Waals surface area contributed by atoms with Gasteiger partial charge < -0.3 is 5.32 Å². The topological polar surface area (TPSA) is 12.0 Å². The highest BCUT2D eigenvalue weighted by Crippen LogP contribution is 2.28. The summed E-state index contributed by atoms with van der Waals surface area (Å²) in [6.07, 6.45) is 7.12. The number of nitrogens with one attached hydrogen (secondary N) is 1. The summed E-state index contributed by atoms with van der Waals surface area (Å²) >= 11 is 0. The van der Waals surface area contributed by atoms with Crippen LogP contribution in [0.4, 0.5) is 0 Å². The van der Waals surface area contributed by atoms with Crippen molar-refractivity contribution in [2.24, 2.45) is 5.92 Å². The highest BCUT2D eigenvalue weighted by Gasteiger charge is 2.16. The lowest BCUT2D eigenvalue weighted by molar-refractivity contribution is 0.288. The number of hydrogen-bond acceptors (Lipinski definition) is 1. The molecule has 1 aliphatic carbocycles. The van der Waals surface area contributed by atoms with Gasteiger partial charge in [-0.25, -0.2) is 0 Å². The van der Waals surface area contributed by atoms with Crippen molar-refractivity contribution in [3.63, 3.8) is 0 Å². The van der Waals surface area contributed by atoms with Gasteiger partial charge in [-0.1, -0.05) is 26.2 Å². The molecule has 1 rings (SSSR count). The first kappa shape index (κ1) is 9.05. The zero-order valence-corrected chi connectivity index (χ0v) is 7.90. The SMILES string of the molecule is CCC(C)NCCC1CCC1. The lowest BCUT2D eigenvalue weighted by atomic mass is 9.83. The van der Waals surface area contributed by atoms with E-state index in [2.05, 4.69) is 19.2 Å². The van der Waals surface area contributed by atoms with Gasteiger partial charge in [0.25, 0.3) is 0 Å². The second kappa shape index (κ2) is 4.76. The first-order valence-corrected chi connectivity index (χ1v) is 5.06. The molecule has 0 bridgehead atoms. The minimum absolute atomic E-state index is 0.718. The summed E-state index contributed by atoms with van der Waals surface area (Å²) in [6.45, 7) is 5.74. The van der Waals surface area contributed by atoms with E-state index in [9.17, 15) is 0 Å². The van der Waals surface area contributed by atoms with E-state index in [0.29, 0.717) is 0 Å². The molecule has 0 aromatic carbocycles. The Kier molecular flexibility index (Phi) is 3.92. The van der Waals surface area contributed by atoms with E-state index in [4.69, 9.17) is 0 Å². The molecule has 1 saturated carbocycles. The van der Waals surface area contributed by atoms with Gasteiger partial charge >= 0.3 is 0 Å². The fourth-order valence-electron chi connectivity index (χ4n) is 1.46. The lowest BCUT2D eigenvalue weighted by Gasteiger charge is -2.25. The van der Waals surface area contributed by atoms with Crippen molar-refractivity contribution < 1.29 is 0 Å². The molecule has 0 heterocycles. The van der Waals surface area contributed by atoms with Crippen LogP contribution in [-0.2, 0) is 0 Å². The van der Waals surface area contributed by atoms with Gasteiger partial charge in [-0.05, 0) is 32.2 Å². The monoisotopic (exact) mass is 155 g/mol. The van der Waals surface area contributed by atoms with Crippen molar-refractivity contribution in [2.75, 3.05) is 6.54 Å². The third-order valence-corrected chi connectivity index (χ3v) is 2.88. The molecule has 1 atom stereocenters. The largest absolute Gasteiger partial charge is 0.314 e. The second-order valence-corrected chi connectivity index (χ2v) is 3.85. The van der Waals surface area contributed by atoms with Gasteiger partial charge in [0.2, 0.25) is 0 Å². The third kappa shape index (κ3) is 3.24. The number of rotatable bonds is 5. The van der Waals surface area contributed by atoms with Crippen molar-refractivity contribution in [3.8, 4) is 0 Å². The summed E-state index contributed by atoms with van der Waals surface area (Å²) in [7, 11) is 0. The Balaban J connectivity index is 1.86. The van der Waals surface area contributed by atoms with Crippen LogP contribution in [0.5, 0.6) is 0 Å². The second-order valence-electron chi connectivity index (χ2n) is 3.85. The van der Waals surface area contributed by atoms with Crippen molar-refractivity contribution >= 4 is 0 Å². The summed E-state index contributed by atoms with van der Waals surface area (Å²) in [5.74, 6) is 1.06. The van der Waals surface area contributed by atoms with Crippen LogP contribution in [0.15, 0.2) is 0 Å². The molecule has 11 heavy (non-hydrogen) atoms. The number of hydrogen-bond donors (Lipinski definition) is 1. The van der Waals surface area contributed by atoms with Gasteiger partial charge in [0.05, 0.1) is 0 Å². The summed E-state index contributed by atoms with van der Waals surface area (Å²) in [5, 5.41) is 3.53. The van der Waals surface area contributed by atoms with Crippen molar-refractivity contribution in [2.45, 2.75) is 52.0 Å².